The number of carbonyl (C=O) groups excluding carboxylic acids is 1. The smallest absolute Gasteiger partial charge is 0.231 e. The highest BCUT2D eigenvalue weighted by Gasteiger charge is 2.24. The van der Waals surface area contributed by atoms with Crippen molar-refractivity contribution >= 4 is 17.4 Å². The standard InChI is InChI=1S/C22H32N3O3/c1-4-21(23)24(16-19-12-14-20(15-13-19)25(27)28-3)22(26)17(2)10-11-18-8-6-5-7-9-18/h4,12-15,17-18,23H,1,5-11,16H2,2-3H3/q-1. The lowest BCUT2D eigenvalue weighted by Gasteiger charge is -2.28. The predicted octanol–water partition coefficient (Wildman–Crippen LogP) is 5.04. The van der Waals surface area contributed by atoms with Crippen molar-refractivity contribution in [3.05, 3.63) is 47.7 Å². The van der Waals surface area contributed by atoms with Crippen LogP contribution in [0, 0.1) is 22.5 Å². The van der Waals surface area contributed by atoms with Crippen LogP contribution in [-0.4, -0.2) is 23.8 Å². The maximum atomic E-state index is 13.0. The molecule has 1 saturated carbocycles. The second kappa shape index (κ2) is 11.0. The number of amidine groups is 1. The molecule has 0 radical (unpaired) electrons. The van der Waals surface area contributed by atoms with E-state index in [0.717, 1.165) is 24.3 Å². The molecule has 1 aromatic carbocycles. The van der Waals surface area contributed by atoms with E-state index in [0.29, 0.717) is 10.9 Å². The van der Waals surface area contributed by atoms with E-state index in [1.807, 2.05) is 6.92 Å². The van der Waals surface area contributed by atoms with Crippen molar-refractivity contribution in [1.29, 1.82) is 5.41 Å². The maximum absolute atomic E-state index is 13.0. The molecule has 1 atom stereocenters. The Bertz CT molecular complexity index is 653. The van der Waals surface area contributed by atoms with Crippen molar-refractivity contribution in [2.24, 2.45) is 11.8 Å². The first-order chi connectivity index (χ1) is 13.5. The van der Waals surface area contributed by atoms with Crippen molar-refractivity contribution in [3.8, 4) is 0 Å². The van der Waals surface area contributed by atoms with Crippen molar-refractivity contribution < 1.29 is 9.63 Å². The molecule has 1 aliphatic rings. The predicted molar refractivity (Wildman–Crippen MR) is 113 cm³/mol. The van der Waals surface area contributed by atoms with Crippen molar-refractivity contribution in [2.75, 3.05) is 12.3 Å². The van der Waals surface area contributed by atoms with Gasteiger partial charge in [0.05, 0.1) is 19.3 Å². The highest BCUT2D eigenvalue weighted by atomic mass is 16.9. The Hall–Kier alpha value is -2.18. The van der Waals surface area contributed by atoms with Gasteiger partial charge in [0.15, 0.2) is 0 Å². The van der Waals surface area contributed by atoms with Gasteiger partial charge >= 0.3 is 0 Å². The van der Waals surface area contributed by atoms with Crippen LogP contribution >= 0.6 is 0 Å². The summed E-state index contributed by atoms with van der Waals surface area (Å²) in [5, 5.41) is 20.1. The summed E-state index contributed by atoms with van der Waals surface area (Å²) >= 11 is 0. The molecule has 1 amide bonds. The van der Waals surface area contributed by atoms with Gasteiger partial charge in [-0.1, -0.05) is 57.7 Å². The number of benzene rings is 1. The highest BCUT2D eigenvalue weighted by molar-refractivity contribution is 6.02. The zero-order valence-corrected chi connectivity index (χ0v) is 17.0. The average molecular weight is 387 g/mol. The molecule has 6 nitrogen and oxygen atoms in total. The number of nitrogens with one attached hydrogen (secondary N) is 1. The molecule has 1 aromatic rings. The van der Waals surface area contributed by atoms with E-state index in [9.17, 15) is 10.0 Å². The molecule has 0 heterocycles. The topological polar surface area (TPSA) is 79.7 Å². The van der Waals surface area contributed by atoms with Crippen LogP contribution in [0.4, 0.5) is 5.69 Å². The Kier molecular flexibility index (Phi) is 8.67. The molecule has 0 aliphatic heterocycles. The van der Waals surface area contributed by atoms with E-state index < -0.39 is 0 Å². The third kappa shape index (κ3) is 6.17. The lowest BCUT2D eigenvalue weighted by atomic mass is 9.84. The summed E-state index contributed by atoms with van der Waals surface area (Å²) in [6.45, 7) is 5.88. The van der Waals surface area contributed by atoms with Gasteiger partial charge in [-0.25, -0.2) is 0 Å². The zero-order valence-electron chi connectivity index (χ0n) is 17.0. The molecule has 1 unspecified atom stereocenters. The lowest BCUT2D eigenvalue weighted by Crippen LogP contribution is -2.38. The number of amides is 1. The van der Waals surface area contributed by atoms with Crippen LogP contribution in [0.1, 0.15) is 57.4 Å². The van der Waals surface area contributed by atoms with Crippen molar-refractivity contribution in [3.63, 3.8) is 0 Å². The first-order valence-corrected chi connectivity index (χ1v) is 10.1. The fraction of sp³-hybridized carbons (Fsp3) is 0.545. The Morgan fingerprint density at radius 2 is 1.96 bits per heavy atom. The first kappa shape index (κ1) is 22.1. The normalized spacial score (nSPS) is 15.7. The monoisotopic (exact) mass is 386 g/mol. The van der Waals surface area contributed by atoms with Gasteiger partial charge < -0.3 is 10.4 Å². The van der Waals surface area contributed by atoms with Crippen LogP contribution in [0.2, 0.25) is 0 Å². The largest absolute Gasteiger partial charge is 0.733 e. The molecule has 0 saturated heterocycles. The van der Waals surface area contributed by atoms with Crippen LogP contribution in [0.15, 0.2) is 36.9 Å². The Morgan fingerprint density at radius 3 is 2.54 bits per heavy atom. The minimum Gasteiger partial charge on any atom is -0.733 e. The average Bonchev–Trinajstić information content (AvgIpc) is 2.75. The van der Waals surface area contributed by atoms with Gasteiger partial charge in [-0.05, 0) is 42.5 Å². The Labute approximate surface area is 168 Å². The summed E-state index contributed by atoms with van der Waals surface area (Å²) in [5.41, 5.74) is 1.22. The van der Waals surface area contributed by atoms with Gasteiger partial charge in [-0.15, -0.1) is 0 Å². The minimum absolute atomic E-state index is 0.0490. The fourth-order valence-electron chi connectivity index (χ4n) is 3.75. The fourth-order valence-corrected chi connectivity index (χ4v) is 3.75. The van der Waals surface area contributed by atoms with Gasteiger partial charge in [-0.3, -0.25) is 19.9 Å². The van der Waals surface area contributed by atoms with Crippen LogP contribution in [0.25, 0.3) is 0 Å². The molecule has 1 aliphatic carbocycles. The number of carbonyl (C=O) groups is 1. The molecular formula is C22H32N3O3-. The van der Waals surface area contributed by atoms with Gasteiger partial charge in [0.2, 0.25) is 5.91 Å². The SMILES string of the molecule is C=CC(=N)N(Cc1ccc(N([O-])OC)cc1)C(=O)C(C)CCC1CCCCC1. The molecule has 1 fully saturated rings. The summed E-state index contributed by atoms with van der Waals surface area (Å²) in [4.78, 5) is 19.1. The van der Waals surface area contributed by atoms with Crippen LogP contribution in [-0.2, 0) is 16.2 Å². The molecule has 0 bridgehead atoms. The number of anilines is 1. The molecule has 0 aromatic heterocycles. The summed E-state index contributed by atoms with van der Waals surface area (Å²) in [6.07, 6.45) is 9.82. The third-order valence-corrected chi connectivity index (χ3v) is 5.56. The lowest BCUT2D eigenvalue weighted by molar-refractivity contribution is -0.131. The second-order valence-corrected chi connectivity index (χ2v) is 7.60. The molecule has 6 heteroatoms. The number of hydrogen-bond acceptors (Lipinski definition) is 5. The van der Waals surface area contributed by atoms with E-state index >= 15 is 0 Å². The minimum atomic E-state index is -0.132. The van der Waals surface area contributed by atoms with Crippen LogP contribution < -0.4 is 5.23 Å². The van der Waals surface area contributed by atoms with E-state index in [1.54, 1.807) is 24.3 Å². The van der Waals surface area contributed by atoms with Crippen LogP contribution in [0.3, 0.4) is 0 Å². The van der Waals surface area contributed by atoms with Gasteiger partial charge in [0.1, 0.15) is 5.84 Å². The summed E-state index contributed by atoms with van der Waals surface area (Å²) in [5.74, 6) is 0.653. The highest BCUT2D eigenvalue weighted by Crippen LogP contribution is 2.29. The van der Waals surface area contributed by atoms with E-state index in [2.05, 4.69) is 11.4 Å². The summed E-state index contributed by atoms with van der Waals surface area (Å²) in [7, 11) is 1.31. The molecule has 28 heavy (non-hydrogen) atoms. The van der Waals surface area contributed by atoms with Crippen molar-refractivity contribution in [1.82, 2.24) is 4.90 Å². The van der Waals surface area contributed by atoms with Crippen molar-refractivity contribution in [2.45, 2.75) is 58.4 Å². The van der Waals surface area contributed by atoms with E-state index in [1.165, 1.54) is 50.2 Å². The Balaban J connectivity index is 2.00. The molecule has 154 valence electrons. The number of rotatable bonds is 9. The van der Waals surface area contributed by atoms with Gasteiger partial charge in [0, 0.05) is 5.92 Å². The van der Waals surface area contributed by atoms with E-state index in [-0.39, 0.29) is 24.2 Å². The molecule has 1 N–H and O–H groups in total. The zero-order chi connectivity index (χ0) is 20.5. The number of nitrogens with zero attached hydrogens (tertiary/aromatic N) is 2. The second-order valence-electron chi connectivity index (χ2n) is 7.60. The van der Waals surface area contributed by atoms with Gasteiger partial charge in [-0.2, -0.15) is 0 Å². The summed E-state index contributed by atoms with van der Waals surface area (Å²) < 4.78 is 0. The maximum Gasteiger partial charge on any atom is 0.231 e. The Morgan fingerprint density at radius 1 is 1.32 bits per heavy atom. The molecule has 0 spiro atoms. The number of hydrogen-bond donors (Lipinski definition) is 1. The quantitative estimate of drug-likeness (QED) is 0.366. The first-order valence-electron chi connectivity index (χ1n) is 10.1. The van der Waals surface area contributed by atoms with Crippen LogP contribution in [0.5, 0.6) is 0 Å². The van der Waals surface area contributed by atoms with Gasteiger partial charge in [0.25, 0.3) is 0 Å². The van der Waals surface area contributed by atoms with E-state index in [4.69, 9.17) is 5.41 Å². The molecular weight excluding hydrogens is 354 g/mol. The summed E-state index contributed by atoms with van der Waals surface area (Å²) in [6, 6.07) is 6.81. The molecule has 2 rings (SSSR count). The third-order valence-electron chi connectivity index (χ3n) is 5.56.